The van der Waals surface area contributed by atoms with Gasteiger partial charge in [-0.15, -0.1) is 0 Å². The third-order valence-corrected chi connectivity index (χ3v) is 3.23. The van der Waals surface area contributed by atoms with Crippen molar-refractivity contribution in [3.63, 3.8) is 0 Å². The van der Waals surface area contributed by atoms with Crippen LogP contribution in [0, 0.1) is 0 Å². The van der Waals surface area contributed by atoms with Crippen LogP contribution in [0.4, 0.5) is 5.69 Å². The molecule has 0 amide bonds. The lowest BCUT2D eigenvalue weighted by molar-refractivity contribution is 0.320. The van der Waals surface area contributed by atoms with Crippen LogP contribution in [0.15, 0.2) is 24.3 Å². The Balaban J connectivity index is 2.12. The Labute approximate surface area is 96.2 Å². The Hall–Kier alpha value is -0.830. The zero-order valence-corrected chi connectivity index (χ0v) is 10.1. The molecule has 1 aromatic rings. The summed E-state index contributed by atoms with van der Waals surface area (Å²) in [6.45, 7) is 2.96. The molecule has 0 saturated heterocycles. The number of ether oxygens (including phenoxy) is 1. The van der Waals surface area contributed by atoms with Crippen LogP contribution in [0.25, 0.3) is 0 Å². The van der Waals surface area contributed by atoms with Crippen LogP contribution in [0.3, 0.4) is 0 Å². The number of anilines is 1. The number of rotatable bonds is 7. The molecule has 0 unspecified atom stereocenters. The predicted molar refractivity (Wildman–Crippen MR) is 68.6 cm³/mol. The highest BCUT2D eigenvalue weighted by Gasteiger charge is 1.97. The molecular formula is C12H19NOS. The van der Waals surface area contributed by atoms with Crippen molar-refractivity contribution in [2.75, 3.05) is 23.8 Å². The first-order valence-electron chi connectivity index (χ1n) is 5.39. The lowest BCUT2D eigenvalue weighted by Gasteiger charge is -2.07. The fourth-order valence-corrected chi connectivity index (χ4v) is 2.02. The van der Waals surface area contributed by atoms with E-state index in [2.05, 4.69) is 6.92 Å². The summed E-state index contributed by atoms with van der Waals surface area (Å²) in [6, 6.07) is 7.63. The Morgan fingerprint density at radius 2 is 2.07 bits per heavy atom. The molecule has 0 aliphatic rings. The molecule has 84 valence electrons. The Bertz CT molecular complexity index is 278. The Morgan fingerprint density at radius 1 is 1.27 bits per heavy atom. The summed E-state index contributed by atoms with van der Waals surface area (Å²) in [6.07, 6.45) is 2.33. The summed E-state index contributed by atoms with van der Waals surface area (Å²) >= 11 is 1.98. The first-order valence-corrected chi connectivity index (χ1v) is 6.55. The fraction of sp³-hybridized carbons (Fsp3) is 0.500. The second kappa shape index (κ2) is 7.46. The van der Waals surface area contributed by atoms with Gasteiger partial charge in [0.1, 0.15) is 5.75 Å². The summed E-state index contributed by atoms with van der Waals surface area (Å²) in [5, 5.41) is 0. The number of hydrogen-bond donors (Lipinski definition) is 1. The zero-order chi connectivity index (χ0) is 10.9. The Morgan fingerprint density at radius 3 is 2.80 bits per heavy atom. The van der Waals surface area contributed by atoms with Crippen LogP contribution in [0.2, 0.25) is 0 Å². The second-order valence-corrected chi connectivity index (χ2v) is 4.58. The van der Waals surface area contributed by atoms with Crippen LogP contribution in [0.5, 0.6) is 5.75 Å². The molecule has 0 fully saturated rings. The molecule has 0 heterocycles. The lowest BCUT2D eigenvalue weighted by Crippen LogP contribution is -2.01. The van der Waals surface area contributed by atoms with Gasteiger partial charge in [0.2, 0.25) is 0 Å². The predicted octanol–water partition coefficient (Wildman–Crippen LogP) is 3.18. The molecule has 2 nitrogen and oxygen atoms in total. The molecule has 2 N–H and O–H groups in total. The number of nitrogen functional groups attached to an aromatic ring is 1. The van der Waals surface area contributed by atoms with Gasteiger partial charge in [0.15, 0.2) is 0 Å². The van der Waals surface area contributed by atoms with E-state index in [1.807, 2.05) is 36.0 Å². The van der Waals surface area contributed by atoms with Gasteiger partial charge in [-0.2, -0.15) is 11.8 Å². The minimum atomic E-state index is 0.721. The quantitative estimate of drug-likeness (QED) is 0.572. The molecule has 1 rings (SSSR count). The third kappa shape index (κ3) is 4.98. The van der Waals surface area contributed by atoms with E-state index in [9.17, 15) is 0 Å². The van der Waals surface area contributed by atoms with Gasteiger partial charge >= 0.3 is 0 Å². The van der Waals surface area contributed by atoms with E-state index in [-0.39, 0.29) is 0 Å². The van der Waals surface area contributed by atoms with Gasteiger partial charge in [-0.05, 0) is 36.5 Å². The first kappa shape index (κ1) is 12.2. The van der Waals surface area contributed by atoms with Crippen molar-refractivity contribution in [1.82, 2.24) is 0 Å². The van der Waals surface area contributed by atoms with E-state index >= 15 is 0 Å². The highest BCUT2D eigenvalue weighted by atomic mass is 32.2. The van der Waals surface area contributed by atoms with Gasteiger partial charge in [-0.25, -0.2) is 0 Å². The summed E-state index contributed by atoms with van der Waals surface area (Å²) in [5.41, 5.74) is 6.47. The molecule has 0 radical (unpaired) electrons. The lowest BCUT2D eigenvalue weighted by atomic mass is 10.3. The van der Waals surface area contributed by atoms with E-state index in [1.54, 1.807) is 0 Å². The molecule has 0 spiro atoms. The maximum absolute atomic E-state index is 5.75. The van der Waals surface area contributed by atoms with Gasteiger partial charge in [-0.3, -0.25) is 0 Å². The molecule has 15 heavy (non-hydrogen) atoms. The molecule has 0 bridgehead atoms. The molecule has 0 aromatic heterocycles. The molecule has 0 saturated carbocycles. The van der Waals surface area contributed by atoms with Crippen molar-refractivity contribution >= 4 is 17.4 Å². The van der Waals surface area contributed by atoms with E-state index in [4.69, 9.17) is 10.5 Å². The summed E-state index contributed by atoms with van der Waals surface area (Å²) < 4.78 is 5.58. The topological polar surface area (TPSA) is 35.2 Å². The minimum Gasteiger partial charge on any atom is -0.491 e. The summed E-state index contributed by atoms with van der Waals surface area (Å²) in [4.78, 5) is 0. The first-order chi connectivity index (χ1) is 7.34. The van der Waals surface area contributed by atoms with Crippen LogP contribution in [-0.4, -0.2) is 18.1 Å². The largest absolute Gasteiger partial charge is 0.491 e. The smallest absolute Gasteiger partial charge is 0.142 e. The minimum absolute atomic E-state index is 0.721. The van der Waals surface area contributed by atoms with Crippen molar-refractivity contribution in [1.29, 1.82) is 0 Å². The average molecular weight is 225 g/mol. The van der Waals surface area contributed by atoms with E-state index in [1.165, 1.54) is 17.9 Å². The van der Waals surface area contributed by atoms with Crippen molar-refractivity contribution < 1.29 is 4.74 Å². The standard InChI is InChI=1S/C12H19NOS/c1-2-9-15-10-5-8-14-12-7-4-3-6-11(12)13/h3-4,6-7H,2,5,8-10,13H2,1H3. The fourth-order valence-electron chi connectivity index (χ4n) is 1.20. The average Bonchev–Trinajstić information content (AvgIpc) is 2.25. The SMILES string of the molecule is CCCSCCCOc1ccccc1N. The van der Waals surface area contributed by atoms with Crippen molar-refractivity contribution in [3.05, 3.63) is 24.3 Å². The van der Waals surface area contributed by atoms with E-state index < -0.39 is 0 Å². The number of para-hydroxylation sites is 2. The number of thioether (sulfide) groups is 1. The number of nitrogens with two attached hydrogens (primary N) is 1. The second-order valence-electron chi connectivity index (χ2n) is 3.35. The zero-order valence-electron chi connectivity index (χ0n) is 9.24. The maximum Gasteiger partial charge on any atom is 0.142 e. The van der Waals surface area contributed by atoms with Gasteiger partial charge in [0, 0.05) is 0 Å². The van der Waals surface area contributed by atoms with Crippen molar-refractivity contribution in [3.8, 4) is 5.75 Å². The molecule has 0 aliphatic carbocycles. The van der Waals surface area contributed by atoms with Gasteiger partial charge < -0.3 is 10.5 Å². The van der Waals surface area contributed by atoms with E-state index in [0.29, 0.717) is 0 Å². The van der Waals surface area contributed by atoms with E-state index in [0.717, 1.165) is 24.5 Å². The van der Waals surface area contributed by atoms with Crippen LogP contribution in [0.1, 0.15) is 19.8 Å². The number of benzene rings is 1. The summed E-state index contributed by atoms with van der Waals surface area (Å²) in [7, 11) is 0. The highest BCUT2D eigenvalue weighted by molar-refractivity contribution is 7.99. The highest BCUT2D eigenvalue weighted by Crippen LogP contribution is 2.19. The molecular weight excluding hydrogens is 206 g/mol. The third-order valence-electron chi connectivity index (χ3n) is 1.96. The van der Waals surface area contributed by atoms with Crippen LogP contribution >= 0.6 is 11.8 Å². The van der Waals surface area contributed by atoms with Gasteiger partial charge in [0.25, 0.3) is 0 Å². The maximum atomic E-state index is 5.75. The summed E-state index contributed by atoms with van der Waals surface area (Å²) in [5.74, 6) is 3.21. The van der Waals surface area contributed by atoms with Crippen molar-refractivity contribution in [2.24, 2.45) is 0 Å². The molecule has 0 aliphatic heterocycles. The molecule has 0 atom stereocenters. The monoisotopic (exact) mass is 225 g/mol. The van der Waals surface area contributed by atoms with Gasteiger partial charge in [0.05, 0.1) is 12.3 Å². The van der Waals surface area contributed by atoms with Gasteiger partial charge in [-0.1, -0.05) is 19.1 Å². The number of hydrogen-bond acceptors (Lipinski definition) is 3. The Kier molecular flexibility index (Phi) is 6.09. The molecule has 1 aromatic carbocycles. The van der Waals surface area contributed by atoms with Crippen molar-refractivity contribution in [2.45, 2.75) is 19.8 Å². The normalized spacial score (nSPS) is 10.2. The van der Waals surface area contributed by atoms with Crippen LogP contribution in [-0.2, 0) is 0 Å². The van der Waals surface area contributed by atoms with Crippen LogP contribution < -0.4 is 10.5 Å². The molecule has 3 heteroatoms.